The van der Waals surface area contributed by atoms with Crippen molar-refractivity contribution in [2.24, 2.45) is 0 Å². The lowest BCUT2D eigenvalue weighted by molar-refractivity contribution is 0.0512. The molecule has 0 aliphatic carbocycles. The van der Waals surface area contributed by atoms with E-state index in [1.54, 1.807) is 23.6 Å². The van der Waals surface area contributed by atoms with Crippen LogP contribution in [0.3, 0.4) is 0 Å². The monoisotopic (exact) mass is 360 g/mol. The van der Waals surface area contributed by atoms with Crippen molar-refractivity contribution in [2.45, 2.75) is 6.92 Å². The Morgan fingerprint density at radius 1 is 1.32 bits per heavy atom. The highest BCUT2D eigenvalue weighted by Gasteiger charge is 2.22. The first kappa shape index (κ1) is 16.0. The summed E-state index contributed by atoms with van der Waals surface area (Å²) in [6.07, 6.45) is 0. The van der Waals surface area contributed by atoms with E-state index in [1.807, 2.05) is 6.07 Å². The Morgan fingerprint density at radius 3 is 2.88 bits per heavy atom. The molecule has 1 fully saturated rings. The number of nitrogens with one attached hydrogen (secondary N) is 1. The standard InChI is InChI=1S/C16H17ClN6O2/c1-2-25-16(24)13-20-15-14(22-7-5-18-6-8-22)19-11-4-3-10(17)9-12(11)23(15)21-13/h3-4,9,18H,2,5-8H2,1H3. The number of ether oxygens (including phenoxy) is 1. The van der Waals surface area contributed by atoms with Gasteiger partial charge < -0.3 is 15.0 Å². The summed E-state index contributed by atoms with van der Waals surface area (Å²) in [5.41, 5.74) is 1.97. The van der Waals surface area contributed by atoms with E-state index in [0.717, 1.165) is 31.7 Å². The van der Waals surface area contributed by atoms with Gasteiger partial charge in [-0.3, -0.25) is 0 Å². The fourth-order valence-electron chi connectivity index (χ4n) is 2.92. The zero-order valence-corrected chi connectivity index (χ0v) is 14.5. The van der Waals surface area contributed by atoms with Gasteiger partial charge >= 0.3 is 5.97 Å². The summed E-state index contributed by atoms with van der Waals surface area (Å²) in [6.45, 7) is 5.36. The summed E-state index contributed by atoms with van der Waals surface area (Å²) in [6, 6.07) is 5.39. The first-order valence-corrected chi connectivity index (χ1v) is 8.54. The SMILES string of the molecule is CCOC(=O)c1nc2c(N3CCNCC3)nc3ccc(Cl)cc3n2n1. The third-order valence-corrected chi connectivity index (χ3v) is 4.31. The largest absolute Gasteiger partial charge is 0.460 e. The first-order valence-electron chi connectivity index (χ1n) is 8.16. The lowest BCUT2D eigenvalue weighted by Crippen LogP contribution is -2.44. The Balaban J connectivity index is 1.95. The molecule has 130 valence electrons. The molecule has 0 unspecified atom stereocenters. The van der Waals surface area contributed by atoms with Crippen molar-refractivity contribution in [3.63, 3.8) is 0 Å². The van der Waals surface area contributed by atoms with Crippen LogP contribution in [0, 0.1) is 0 Å². The van der Waals surface area contributed by atoms with E-state index in [-0.39, 0.29) is 12.4 Å². The van der Waals surface area contributed by atoms with E-state index >= 15 is 0 Å². The van der Waals surface area contributed by atoms with Gasteiger partial charge in [-0.1, -0.05) is 11.6 Å². The summed E-state index contributed by atoms with van der Waals surface area (Å²) in [5, 5.41) is 8.23. The van der Waals surface area contributed by atoms with Crippen molar-refractivity contribution >= 4 is 40.1 Å². The number of esters is 1. The maximum Gasteiger partial charge on any atom is 0.378 e. The minimum Gasteiger partial charge on any atom is -0.460 e. The van der Waals surface area contributed by atoms with Crippen LogP contribution in [0.4, 0.5) is 5.82 Å². The van der Waals surface area contributed by atoms with Crippen LogP contribution in [0.1, 0.15) is 17.5 Å². The maximum atomic E-state index is 12.1. The van der Waals surface area contributed by atoms with Crippen molar-refractivity contribution in [1.29, 1.82) is 0 Å². The van der Waals surface area contributed by atoms with E-state index < -0.39 is 5.97 Å². The molecule has 1 N–H and O–H groups in total. The number of nitrogens with zero attached hydrogens (tertiary/aromatic N) is 5. The van der Waals surface area contributed by atoms with Crippen LogP contribution in [0.5, 0.6) is 0 Å². The van der Waals surface area contributed by atoms with Gasteiger partial charge in [0.2, 0.25) is 0 Å². The summed E-state index contributed by atoms with van der Waals surface area (Å²) < 4.78 is 6.65. The minimum absolute atomic E-state index is 0.0208. The van der Waals surface area contributed by atoms with Gasteiger partial charge in [-0.15, -0.1) is 5.10 Å². The molecule has 1 saturated heterocycles. The van der Waals surface area contributed by atoms with E-state index in [2.05, 4.69) is 20.3 Å². The van der Waals surface area contributed by atoms with E-state index in [9.17, 15) is 4.79 Å². The molecule has 1 aromatic carbocycles. The molecule has 0 bridgehead atoms. The normalized spacial score (nSPS) is 15.0. The second kappa shape index (κ2) is 6.45. The number of benzene rings is 1. The fraction of sp³-hybridized carbons (Fsp3) is 0.375. The average molecular weight is 361 g/mol. The van der Waals surface area contributed by atoms with Gasteiger partial charge in [-0.2, -0.15) is 4.98 Å². The molecular weight excluding hydrogens is 344 g/mol. The lowest BCUT2D eigenvalue weighted by atomic mass is 10.3. The number of aromatic nitrogens is 4. The Bertz CT molecular complexity index is 951. The van der Waals surface area contributed by atoms with Crippen molar-refractivity contribution in [3.8, 4) is 0 Å². The van der Waals surface area contributed by atoms with E-state index in [0.29, 0.717) is 22.0 Å². The van der Waals surface area contributed by atoms with Gasteiger partial charge in [0.05, 0.1) is 17.6 Å². The van der Waals surface area contributed by atoms with Crippen LogP contribution in [-0.4, -0.2) is 58.3 Å². The van der Waals surface area contributed by atoms with Crippen LogP contribution in [-0.2, 0) is 4.74 Å². The highest BCUT2D eigenvalue weighted by atomic mass is 35.5. The van der Waals surface area contributed by atoms with Gasteiger partial charge in [0.15, 0.2) is 11.5 Å². The molecular formula is C16H17ClN6O2. The summed E-state index contributed by atoms with van der Waals surface area (Å²) in [5.74, 6) is 0.180. The molecule has 0 spiro atoms. The molecule has 2 aromatic heterocycles. The maximum absolute atomic E-state index is 12.1. The fourth-order valence-corrected chi connectivity index (χ4v) is 3.09. The molecule has 0 atom stereocenters. The van der Waals surface area contributed by atoms with Crippen molar-refractivity contribution in [1.82, 2.24) is 24.9 Å². The van der Waals surface area contributed by atoms with Crippen LogP contribution in [0.2, 0.25) is 5.02 Å². The van der Waals surface area contributed by atoms with Gasteiger partial charge in [-0.05, 0) is 25.1 Å². The zero-order valence-electron chi connectivity index (χ0n) is 13.7. The highest BCUT2D eigenvalue weighted by molar-refractivity contribution is 6.31. The molecule has 9 heteroatoms. The van der Waals surface area contributed by atoms with Gasteiger partial charge in [0.25, 0.3) is 5.82 Å². The molecule has 3 heterocycles. The third-order valence-electron chi connectivity index (χ3n) is 4.07. The van der Waals surface area contributed by atoms with Crippen LogP contribution in [0.25, 0.3) is 16.7 Å². The number of carbonyl (C=O) groups is 1. The molecule has 4 rings (SSSR count). The number of piperazine rings is 1. The summed E-state index contributed by atoms with van der Waals surface area (Å²) in [4.78, 5) is 23.4. The molecule has 25 heavy (non-hydrogen) atoms. The number of hydrogen-bond acceptors (Lipinski definition) is 7. The van der Waals surface area contributed by atoms with Crippen molar-refractivity contribution < 1.29 is 9.53 Å². The molecule has 0 radical (unpaired) electrons. The van der Waals surface area contributed by atoms with Crippen LogP contribution in [0.15, 0.2) is 18.2 Å². The Morgan fingerprint density at radius 2 is 2.12 bits per heavy atom. The smallest absolute Gasteiger partial charge is 0.378 e. The molecule has 1 aliphatic rings. The average Bonchev–Trinajstić information content (AvgIpc) is 3.08. The van der Waals surface area contributed by atoms with E-state index in [4.69, 9.17) is 21.3 Å². The number of carbonyl (C=O) groups excluding carboxylic acids is 1. The quantitative estimate of drug-likeness (QED) is 0.709. The van der Waals surface area contributed by atoms with Gasteiger partial charge in [0, 0.05) is 31.2 Å². The minimum atomic E-state index is -0.548. The number of anilines is 1. The molecule has 1 aliphatic heterocycles. The summed E-state index contributed by atoms with van der Waals surface area (Å²) >= 11 is 6.13. The number of fused-ring (bicyclic) bond motifs is 3. The topological polar surface area (TPSA) is 84.6 Å². The Labute approximate surface area is 148 Å². The van der Waals surface area contributed by atoms with Crippen LogP contribution < -0.4 is 10.2 Å². The predicted molar refractivity (Wildman–Crippen MR) is 94.3 cm³/mol. The number of hydrogen-bond donors (Lipinski definition) is 1. The number of halogens is 1. The summed E-state index contributed by atoms with van der Waals surface area (Å²) in [7, 11) is 0. The zero-order chi connectivity index (χ0) is 17.4. The lowest BCUT2D eigenvalue weighted by Gasteiger charge is -2.28. The highest BCUT2D eigenvalue weighted by Crippen LogP contribution is 2.26. The Kier molecular flexibility index (Phi) is 4.14. The second-order valence-corrected chi connectivity index (χ2v) is 6.13. The molecule has 0 saturated carbocycles. The predicted octanol–water partition coefficient (Wildman–Crippen LogP) is 1.52. The molecule has 3 aromatic rings. The van der Waals surface area contributed by atoms with Crippen LogP contribution >= 0.6 is 11.6 Å². The molecule has 8 nitrogen and oxygen atoms in total. The first-order chi connectivity index (χ1) is 12.2. The second-order valence-electron chi connectivity index (χ2n) is 5.70. The van der Waals surface area contributed by atoms with Crippen molar-refractivity contribution in [2.75, 3.05) is 37.7 Å². The third kappa shape index (κ3) is 2.87. The van der Waals surface area contributed by atoms with Gasteiger partial charge in [0.1, 0.15) is 0 Å². The van der Waals surface area contributed by atoms with Gasteiger partial charge in [-0.25, -0.2) is 14.3 Å². The van der Waals surface area contributed by atoms with Crippen molar-refractivity contribution in [3.05, 3.63) is 29.0 Å². The number of rotatable bonds is 3. The van der Waals surface area contributed by atoms with E-state index in [1.165, 1.54) is 0 Å². The Hall–Kier alpha value is -2.45. The molecule has 0 amide bonds.